The van der Waals surface area contributed by atoms with E-state index in [1.807, 2.05) is 0 Å². The topological polar surface area (TPSA) is 97.3 Å². The molecule has 0 amide bonds. The van der Waals surface area contributed by atoms with Gasteiger partial charge >= 0.3 is 65.1 Å². The Kier molecular flexibility index (Phi) is 47.7. The van der Waals surface area contributed by atoms with Crippen LogP contribution in [0.15, 0.2) is 0 Å². The molecule has 22 heavy (non-hydrogen) atoms. The fourth-order valence-corrected chi connectivity index (χ4v) is 2.29. The second kappa shape index (κ2) is 30.3. The van der Waals surface area contributed by atoms with Crippen molar-refractivity contribution in [3.05, 3.63) is 0 Å². The van der Waals surface area contributed by atoms with Crippen molar-refractivity contribution >= 4 is 5.97 Å². The van der Waals surface area contributed by atoms with Crippen LogP contribution in [-0.4, -0.2) is 22.0 Å². The number of unbranched alkanes of at least 4 members (excludes halogenated alkanes) is 12. The van der Waals surface area contributed by atoms with E-state index in [1.54, 1.807) is 0 Å². The standard InChI is InChI=1S/C16H32O2.2Na.2H2O/c1-2-3-4-5-6-7-8-9-10-11-12-13-14-15-16(17)18;;;;/h2-15H2,1H3,(H,17,18);;;2*1H2/q;2*+1;;/p-2. The minimum absolute atomic E-state index is 0. The number of aliphatic carboxylic acids is 1. The summed E-state index contributed by atoms with van der Waals surface area (Å²) in [6, 6.07) is 0. The first-order valence-electron chi connectivity index (χ1n) is 7.99. The summed E-state index contributed by atoms with van der Waals surface area (Å²) in [5, 5.41) is 8.49. The summed E-state index contributed by atoms with van der Waals surface area (Å²) in [7, 11) is 0. The monoisotopic (exact) mass is 336 g/mol. The first kappa shape index (κ1) is 34.7. The molecule has 124 valence electrons. The molecule has 0 aromatic rings. The van der Waals surface area contributed by atoms with Crippen LogP contribution in [0.3, 0.4) is 0 Å². The molecule has 0 rings (SSSR count). The average Bonchev–Trinajstić information content (AvgIpc) is 2.34. The second-order valence-corrected chi connectivity index (χ2v) is 5.39. The van der Waals surface area contributed by atoms with Crippen LogP contribution in [0.4, 0.5) is 0 Å². The number of carboxylic acid groups (broad SMARTS) is 1. The quantitative estimate of drug-likeness (QED) is 0.332. The summed E-state index contributed by atoms with van der Waals surface area (Å²) < 4.78 is 0. The van der Waals surface area contributed by atoms with Crippen molar-refractivity contribution in [1.29, 1.82) is 0 Å². The molecule has 0 aliphatic heterocycles. The zero-order chi connectivity index (χ0) is 13.5. The molecule has 0 aliphatic carbocycles. The van der Waals surface area contributed by atoms with Crippen LogP contribution in [0.1, 0.15) is 96.8 Å². The number of rotatable bonds is 14. The van der Waals surface area contributed by atoms with Crippen LogP contribution in [0.2, 0.25) is 0 Å². The molecule has 0 saturated heterocycles. The summed E-state index contributed by atoms with van der Waals surface area (Å²) in [5.41, 5.74) is 0. The van der Waals surface area contributed by atoms with E-state index in [1.165, 1.54) is 70.6 Å². The largest absolute Gasteiger partial charge is 1.00 e. The van der Waals surface area contributed by atoms with Crippen molar-refractivity contribution in [3.8, 4) is 0 Å². The van der Waals surface area contributed by atoms with Crippen LogP contribution >= 0.6 is 0 Å². The van der Waals surface area contributed by atoms with Gasteiger partial charge in [-0.25, -0.2) is 0 Å². The van der Waals surface area contributed by atoms with Crippen molar-refractivity contribution in [2.24, 2.45) is 0 Å². The van der Waals surface area contributed by atoms with E-state index in [0.29, 0.717) is 6.42 Å². The zero-order valence-corrected chi connectivity index (χ0v) is 19.1. The third-order valence-corrected chi connectivity index (χ3v) is 3.49. The molecular weight excluding hydrogens is 302 g/mol. The molecule has 0 fully saturated rings. The fourth-order valence-electron chi connectivity index (χ4n) is 2.29. The summed E-state index contributed by atoms with van der Waals surface area (Å²) in [4.78, 5) is 10.3. The number of carboxylic acids is 1. The van der Waals surface area contributed by atoms with Gasteiger partial charge in [0.05, 0.1) is 0 Å². The van der Waals surface area contributed by atoms with Crippen molar-refractivity contribution in [3.63, 3.8) is 0 Å². The zero-order valence-electron chi connectivity index (χ0n) is 15.1. The van der Waals surface area contributed by atoms with E-state index in [9.17, 15) is 4.79 Å². The first-order valence-corrected chi connectivity index (χ1v) is 7.99. The Morgan fingerprint density at radius 3 is 1.18 bits per heavy atom. The molecule has 0 radical (unpaired) electrons. The molecule has 3 N–H and O–H groups in total. The van der Waals surface area contributed by atoms with E-state index in [-0.39, 0.29) is 70.1 Å². The Hall–Kier alpha value is 1.39. The maximum absolute atomic E-state index is 10.3. The average molecular weight is 336 g/mol. The van der Waals surface area contributed by atoms with Crippen LogP contribution in [0.5, 0.6) is 0 Å². The van der Waals surface area contributed by atoms with E-state index < -0.39 is 5.97 Å². The van der Waals surface area contributed by atoms with Crippen LogP contribution in [-0.2, 0) is 4.79 Å². The van der Waals surface area contributed by atoms with Crippen LogP contribution < -0.4 is 59.1 Å². The van der Waals surface area contributed by atoms with Crippen LogP contribution in [0, 0.1) is 0 Å². The molecule has 0 aromatic carbocycles. The van der Waals surface area contributed by atoms with Gasteiger partial charge in [-0.3, -0.25) is 4.79 Å². The Morgan fingerprint density at radius 2 is 0.909 bits per heavy atom. The summed E-state index contributed by atoms with van der Waals surface area (Å²) >= 11 is 0. The smallest absolute Gasteiger partial charge is 0.870 e. The third-order valence-electron chi connectivity index (χ3n) is 3.49. The van der Waals surface area contributed by atoms with Gasteiger partial charge in [-0.15, -0.1) is 0 Å². The molecule has 0 aliphatic rings. The molecule has 4 nitrogen and oxygen atoms in total. The second-order valence-electron chi connectivity index (χ2n) is 5.39. The maximum Gasteiger partial charge on any atom is 1.00 e. The minimum atomic E-state index is -0.655. The molecule has 0 saturated carbocycles. The minimum Gasteiger partial charge on any atom is -0.870 e. The fraction of sp³-hybridized carbons (Fsp3) is 0.938. The molecule has 0 aromatic heterocycles. The summed E-state index contributed by atoms with van der Waals surface area (Å²) in [6.07, 6.45) is 17.3. The van der Waals surface area contributed by atoms with Gasteiger partial charge in [0.25, 0.3) is 0 Å². The Morgan fingerprint density at radius 1 is 0.636 bits per heavy atom. The number of hydrogen-bond donors (Lipinski definition) is 1. The molecule has 6 heteroatoms. The normalized spacial score (nSPS) is 8.77. The first-order chi connectivity index (χ1) is 8.77. The van der Waals surface area contributed by atoms with E-state index in [2.05, 4.69) is 6.92 Å². The van der Waals surface area contributed by atoms with Gasteiger partial charge in [0, 0.05) is 6.42 Å². The van der Waals surface area contributed by atoms with E-state index >= 15 is 0 Å². The van der Waals surface area contributed by atoms with Gasteiger partial charge in [0.2, 0.25) is 0 Å². The van der Waals surface area contributed by atoms with Gasteiger partial charge in [-0.05, 0) is 6.42 Å². The Labute approximate surface area is 181 Å². The molecule has 0 atom stereocenters. The summed E-state index contributed by atoms with van der Waals surface area (Å²) in [5.74, 6) is -0.655. The molecule has 0 heterocycles. The van der Waals surface area contributed by atoms with Crippen molar-refractivity contribution < 1.29 is 80.0 Å². The third kappa shape index (κ3) is 33.1. The Balaban J connectivity index is -0.000000241. The molecule has 0 unspecified atom stereocenters. The SMILES string of the molecule is CCCCCCCCCCCCCCCC(=O)O.[Na+].[Na+].[OH-].[OH-]. The van der Waals surface area contributed by atoms with Crippen molar-refractivity contribution in [2.45, 2.75) is 96.8 Å². The predicted molar refractivity (Wildman–Crippen MR) is 81.8 cm³/mol. The van der Waals surface area contributed by atoms with E-state index in [4.69, 9.17) is 5.11 Å². The van der Waals surface area contributed by atoms with Gasteiger partial charge in [0.15, 0.2) is 0 Å². The maximum atomic E-state index is 10.3. The number of carbonyl (C=O) groups is 1. The molecule has 0 bridgehead atoms. The van der Waals surface area contributed by atoms with Crippen molar-refractivity contribution in [2.75, 3.05) is 0 Å². The summed E-state index contributed by atoms with van der Waals surface area (Å²) in [6.45, 7) is 2.26. The predicted octanol–water partition coefficient (Wildman–Crippen LogP) is -0.793. The van der Waals surface area contributed by atoms with Gasteiger partial charge < -0.3 is 16.1 Å². The van der Waals surface area contributed by atoms with Gasteiger partial charge in [0.1, 0.15) is 0 Å². The van der Waals surface area contributed by atoms with Crippen molar-refractivity contribution in [1.82, 2.24) is 0 Å². The molecular formula is C16H34Na2O4. The molecule has 0 spiro atoms. The Bertz CT molecular complexity index is 193. The van der Waals surface area contributed by atoms with Gasteiger partial charge in [-0.1, -0.05) is 84.0 Å². The van der Waals surface area contributed by atoms with E-state index in [0.717, 1.165) is 12.8 Å². The van der Waals surface area contributed by atoms with Gasteiger partial charge in [-0.2, -0.15) is 0 Å². The van der Waals surface area contributed by atoms with Crippen LogP contribution in [0.25, 0.3) is 0 Å². The number of hydrogen-bond acceptors (Lipinski definition) is 3.